The molecule has 0 amide bonds. The van der Waals surface area contributed by atoms with Crippen molar-refractivity contribution in [1.29, 1.82) is 0 Å². The van der Waals surface area contributed by atoms with Gasteiger partial charge >= 0.3 is 11.9 Å². The van der Waals surface area contributed by atoms with E-state index in [2.05, 4.69) is 12.2 Å². The van der Waals surface area contributed by atoms with E-state index >= 15 is 0 Å². The largest absolute Gasteiger partial charge is 0.496 e. The van der Waals surface area contributed by atoms with E-state index in [4.69, 9.17) is 18.9 Å². The summed E-state index contributed by atoms with van der Waals surface area (Å²) >= 11 is 0. The molecule has 0 fully saturated rings. The number of esters is 2. The van der Waals surface area contributed by atoms with Crippen LogP contribution in [0.15, 0.2) is 24.3 Å². The zero-order valence-corrected chi connectivity index (χ0v) is 15.4. The number of rotatable bonds is 2. The highest BCUT2D eigenvalue weighted by molar-refractivity contribution is 5.97. The maximum absolute atomic E-state index is 12.6. The highest BCUT2D eigenvalue weighted by Gasteiger charge is 2.23. The molecule has 0 atom stereocenters. The minimum Gasteiger partial charge on any atom is -0.496 e. The molecule has 1 aliphatic heterocycles. The highest BCUT2D eigenvalue weighted by Crippen LogP contribution is 2.35. The molecule has 26 heavy (non-hydrogen) atoms. The number of methoxy groups -OCH3 is 1. The predicted octanol–water partition coefficient (Wildman–Crippen LogP) is 4.07. The third kappa shape index (κ3) is 6.10. The van der Waals surface area contributed by atoms with E-state index in [1.165, 1.54) is 20.1 Å². The average Bonchev–Trinajstić information content (AvgIpc) is 2.61. The van der Waals surface area contributed by atoms with E-state index < -0.39 is 11.9 Å². The fraction of sp³-hybridized carbons (Fsp3) is 0.500. The van der Waals surface area contributed by atoms with Crippen molar-refractivity contribution >= 4 is 11.9 Å². The minimum atomic E-state index is -0.565. The summed E-state index contributed by atoms with van der Waals surface area (Å²) in [6.07, 6.45) is 9.89. The van der Waals surface area contributed by atoms with Crippen molar-refractivity contribution in [2.24, 2.45) is 0 Å². The maximum Gasteiger partial charge on any atom is 0.345 e. The van der Waals surface area contributed by atoms with Crippen molar-refractivity contribution < 1.29 is 28.5 Å². The lowest BCUT2D eigenvalue weighted by atomic mass is 10.1. The van der Waals surface area contributed by atoms with Crippen LogP contribution in [0.25, 0.3) is 0 Å². The molecule has 142 valence electrons. The Morgan fingerprint density at radius 1 is 1.00 bits per heavy atom. The van der Waals surface area contributed by atoms with Crippen molar-refractivity contribution in [1.82, 2.24) is 0 Å². The zero-order chi connectivity index (χ0) is 18.8. The molecule has 1 aliphatic rings. The summed E-state index contributed by atoms with van der Waals surface area (Å²) in [6, 6.07) is 3.10. The summed E-state index contributed by atoms with van der Waals surface area (Å²) in [5.74, 6) is -0.271. The van der Waals surface area contributed by atoms with Crippen LogP contribution in [-0.4, -0.2) is 32.3 Å². The molecule has 0 aliphatic carbocycles. The van der Waals surface area contributed by atoms with Crippen LogP contribution in [0.2, 0.25) is 0 Å². The molecule has 1 aromatic rings. The van der Waals surface area contributed by atoms with Crippen LogP contribution in [0, 0.1) is 0 Å². The van der Waals surface area contributed by atoms with Gasteiger partial charge in [-0.3, -0.25) is 4.79 Å². The Kier molecular flexibility index (Phi) is 7.99. The van der Waals surface area contributed by atoms with Crippen molar-refractivity contribution in [2.75, 3.05) is 20.3 Å². The number of fused-ring (bicyclic) bond motifs is 1. The van der Waals surface area contributed by atoms with Gasteiger partial charge in [0.1, 0.15) is 17.1 Å². The first-order valence-corrected chi connectivity index (χ1v) is 8.97. The Morgan fingerprint density at radius 2 is 1.65 bits per heavy atom. The molecule has 0 unspecified atom stereocenters. The first-order chi connectivity index (χ1) is 12.6. The van der Waals surface area contributed by atoms with E-state index in [0.717, 1.165) is 38.5 Å². The molecule has 0 bridgehead atoms. The quantitative estimate of drug-likeness (QED) is 0.449. The van der Waals surface area contributed by atoms with Crippen molar-refractivity contribution in [3.05, 3.63) is 29.8 Å². The second-order valence-corrected chi connectivity index (χ2v) is 6.04. The molecule has 1 heterocycles. The Hall–Kier alpha value is -2.50. The third-order valence-electron chi connectivity index (χ3n) is 3.92. The van der Waals surface area contributed by atoms with E-state index in [1.807, 2.05) is 0 Å². The molecule has 6 heteroatoms. The molecule has 0 spiro atoms. The van der Waals surface area contributed by atoms with Crippen LogP contribution in [0.3, 0.4) is 0 Å². The lowest BCUT2D eigenvalue weighted by Gasteiger charge is -2.16. The van der Waals surface area contributed by atoms with Gasteiger partial charge in [-0.2, -0.15) is 0 Å². The molecular weight excluding hydrogens is 336 g/mol. The zero-order valence-electron chi connectivity index (χ0n) is 15.4. The van der Waals surface area contributed by atoms with Gasteiger partial charge in [0.25, 0.3) is 0 Å². The van der Waals surface area contributed by atoms with Crippen LogP contribution in [0.5, 0.6) is 17.2 Å². The summed E-state index contributed by atoms with van der Waals surface area (Å²) in [7, 11) is 1.50. The molecule has 0 saturated carbocycles. The number of carbonyl (C=O) groups is 2. The lowest BCUT2D eigenvalue weighted by Crippen LogP contribution is -2.14. The van der Waals surface area contributed by atoms with Crippen LogP contribution < -0.4 is 14.2 Å². The highest BCUT2D eigenvalue weighted by atomic mass is 16.6. The Balaban J connectivity index is 2.31. The molecule has 0 radical (unpaired) electrons. The summed E-state index contributed by atoms with van der Waals surface area (Å²) < 4.78 is 21.6. The summed E-state index contributed by atoms with van der Waals surface area (Å²) in [5.41, 5.74) is 0.119. The molecule has 1 aromatic carbocycles. The summed E-state index contributed by atoms with van der Waals surface area (Å²) in [4.78, 5) is 24.0. The first kappa shape index (κ1) is 19.8. The molecule has 0 saturated heterocycles. The normalized spacial score (nSPS) is 17.5. The predicted molar refractivity (Wildman–Crippen MR) is 96.9 cm³/mol. The number of ether oxygens (including phenoxy) is 4. The van der Waals surface area contributed by atoms with Gasteiger partial charge < -0.3 is 18.9 Å². The number of hydrogen-bond donors (Lipinski definition) is 0. The smallest absolute Gasteiger partial charge is 0.345 e. The van der Waals surface area contributed by atoms with Gasteiger partial charge in [0.15, 0.2) is 5.75 Å². The van der Waals surface area contributed by atoms with Crippen molar-refractivity contribution in [2.45, 2.75) is 45.4 Å². The fourth-order valence-corrected chi connectivity index (χ4v) is 2.62. The Labute approximate surface area is 154 Å². The van der Waals surface area contributed by atoms with E-state index in [0.29, 0.717) is 24.7 Å². The van der Waals surface area contributed by atoms with Crippen LogP contribution in [0.4, 0.5) is 0 Å². The molecule has 0 N–H and O–H groups in total. The fourth-order valence-electron chi connectivity index (χ4n) is 2.62. The molecule has 6 nitrogen and oxygen atoms in total. The van der Waals surface area contributed by atoms with Crippen LogP contribution in [-0.2, 0) is 9.53 Å². The molecule has 2 rings (SSSR count). The van der Waals surface area contributed by atoms with Crippen LogP contribution >= 0.6 is 0 Å². The lowest BCUT2D eigenvalue weighted by molar-refractivity contribution is -0.131. The molecule has 0 aromatic heterocycles. The van der Waals surface area contributed by atoms with Gasteiger partial charge in [-0.1, -0.05) is 12.2 Å². The van der Waals surface area contributed by atoms with Crippen molar-refractivity contribution in [3.63, 3.8) is 0 Å². The average molecular weight is 362 g/mol. The number of carbonyl (C=O) groups excluding carboxylic acids is 2. The standard InChI is InChI=1S/C20H26O6/c1-15(21)26-18-14-16(23-2)13-17-19(18)20(22)25-12-10-8-6-4-3-5-7-9-11-24-17/h3-4,13-14H,5-12H2,1-2H3/b4-3+. The monoisotopic (exact) mass is 362 g/mol. The number of cyclic esters (lactones) is 1. The Morgan fingerprint density at radius 3 is 2.27 bits per heavy atom. The third-order valence-corrected chi connectivity index (χ3v) is 3.92. The van der Waals surface area contributed by atoms with Gasteiger partial charge in [-0.15, -0.1) is 0 Å². The molecular formula is C20H26O6. The van der Waals surface area contributed by atoms with Crippen LogP contribution in [0.1, 0.15) is 55.8 Å². The Bertz CT molecular complexity index is 650. The first-order valence-electron chi connectivity index (χ1n) is 8.97. The second-order valence-electron chi connectivity index (χ2n) is 6.04. The second kappa shape index (κ2) is 10.5. The summed E-state index contributed by atoms with van der Waals surface area (Å²) in [6.45, 7) is 2.02. The van der Waals surface area contributed by atoms with E-state index in [1.54, 1.807) is 6.07 Å². The van der Waals surface area contributed by atoms with Crippen molar-refractivity contribution in [3.8, 4) is 17.2 Å². The SMILES string of the molecule is COc1cc2c(c(OC(C)=O)c1)C(=O)OCCCC/C=C/CCCCO2. The van der Waals surface area contributed by atoms with Gasteiger partial charge in [-0.05, 0) is 38.5 Å². The number of benzene rings is 1. The topological polar surface area (TPSA) is 71.1 Å². The van der Waals surface area contributed by atoms with Gasteiger partial charge in [0.05, 0.1) is 20.3 Å². The maximum atomic E-state index is 12.6. The summed E-state index contributed by atoms with van der Waals surface area (Å²) in [5, 5.41) is 0. The van der Waals surface area contributed by atoms with Gasteiger partial charge in [-0.25, -0.2) is 4.79 Å². The van der Waals surface area contributed by atoms with E-state index in [9.17, 15) is 9.59 Å². The van der Waals surface area contributed by atoms with Gasteiger partial charge in [0, 0.05) is 19.1 Å². The van der Waals surface area contributed by atoms with E-state index in [-0.39, 0.29) is 11.3 Å². The number of allylic oxidation sites excluding steroid dienone is 2. The number of hydrogen-bond acceptors (Lipinski definition) is 6. The van der Waals surface area contributed by atoms with Gasteiger partial charge in [0.2, 0.25) is 0 Å². The minimum absolute atomic E-state index is 0.0860.